The number of amides is 1. The van der Waals surface area contributed by atoms with E-state index in [0.29, 0.717) is 32.6 Å². The summed E-state index contributed by atoms with van der Waals surface area (Å²) in [6.07, 6.45) is -1.21. The Balaban J connectivity index is 1.93. The normalized spacial score (nSPS) is 12.4. The molecule has 0 bridgehead atoms. The van der Waals surface area contributed by atoms with Gasteiger partial charge in [-0.1, -0.05) is 41.9 Å². The number of aryl methyl sites for hydroxylation is 1. The summed E-state index contributed by atoms with van der Waals surface area (Å²) in [6, 6.07) is 21.9. The number of para-hydroxylation sites is 1. The van der Waals surface area contributed by atoms with Gasteiger partial charge in [0.2, 0.25) is 0 Å². The standard InChI is InChI=1S/C30H29ClN2O4/c1-18-17-24-22(15-16-23(32-24)28(34)33(5)21-9-7-6-8-10-21)26(19-11-13-20(31)14-12-19)25(18)27(29(35)36)37-30(2,3)4/h6-17,27H,1-5H3,(H,35,36)/t27-/m0/s1. The average molecular weight is 517 g/mol. The van der Waals surface area contributed by atoms with Crippen LogP contribution in [0.25, 0.3) is 22.0 Å². The molecule has 6 nitrogen and oxygen atoms in total. The van der Waals surface area contributed by atoms with E-state index in [1.165, 1.54) is 0 Å². The van der Waals surface area contributed by atoms with Gasteiger partial charge >= 0.3 is 5.97 Å². The lowest BCUT2D eigenvalue weighted by Crippen LogP contribution is -2.28. The van der Waals surface area contributed by atoms with Gasteiger partial charge in [0.25, 0.3) is 5.91 Å². The molecule has 1 atom stereocenters. The monoisotopic (exact) mass is 516 g/mol. The van der Waals surface area contributed by atoms with Gasteiger partial charge in [-0.05, 0) is 86.8 Å². The molecule has 4 aromatic rings. The van der Waals surface area contributed by atoms with Crippen LogP contribution in [0.4, 0.5) is 5.69 Å². The van der Waals surface area contributed by atoms with Crippen molar-refractivity contribution in [3.05, 3.63) is 94.6 Å². The molecule has 0 radical (unpaired) electrons. The molecule has 0 aliphatic rings. The second-order valence-corrected chi connectivity index (χ2v) is 10.3. The van der Waals surface area contributed by atoms with Crippen molar-refractivity contribution in [2.75, 3.05) is 11.9 Å². The third kappa shape index (κ3) is 5.66. The highest BCUT2D eigenvalue weighted by molar-refractivity contribution is 6.30. The molecule has 190 valence electrons. The molecule has 0 spiro atoms. The van der Waals surface area contributed by atoms with Crippen molar-refractivity contribution in [3.8, 4) is 11.1 Å². The van der Waals surface area contributed by atoms with Crippen LogP contribution in [0, 0.1) is 6.92 Å². The highest BCUT2D eigenvalue weighted by atomic mass is 35.5. The van der Waals surface area contributed by atoms with E-state index in [2.05, 4.69) is 0 Å². The van der Waals surface area contributed by atoms with E-state index >= 15 is 0 Å². The number of aliphatic carboxylic acids is 1. The number of nitrogens with zero attached hydrogens (tertiary/aromatic N) is 2. The number of pyridine rings is 1. The summed E-state index contributed by atoms with van der Waals surface area (Å²) in [5.74, 6) is -1.33. The molecule has 7 heteroatoms. The second-order valence-electron chi connectivity index (χ2n) is 9.90. The lowest BCUT2D eigenvalue weighted by Gasteiger charge is -2.28. The van der Waals surface area contributed by atoms with Gasteiger partial charge in [0, 0.05) is 28.7 Å². The number of carboxylic acid groups (broad SMARTS) is 1. The van der Waals surface area contributed by atoms with E-state index in [4.69, 9.17) is 21.3 Å². The molecule has 1 amide bonds. The minimum Gasteiger partial charge on any atom is -0.479 e. The second kappa shape index (κ2) is 10.3. The fourth-order valence-electron chi connectivity index (χ4n) is 4.33. The van der Waals surface area contributed by atoms with Crippen molar-refractivity contribution in [1.29, 1.82) is 0 Å². The maximum atomic E-state index is 13.2. The first-order valence-electron chi connectivity index (χ1n) is 11.9. The van der Waals surface area contributed by atoms with Gasteiger partial charge in [-0.3, -0.25) is 4.79 Å². The van der Waals surface area contributed by atoms with Crippen LogP contribution in [-0.2, 0) is 9.53 Å². The number of hydrogen-bond donors (Lipinski definition) is 1. The highest BCUT2D eigenvalue weighted by Gasteiger charge is 2.32. The third-order valence-electron chi connectivity index (χ3n) is 6.00. The van der Waals surface area contributed by atoms with Crippen LogP contribution in [0.3, 0.4) is 0 Å². The molecular formula is C30H29ClN2O4. The van der Waals surface area contributed by atoms with Gasteiger partial charge < -0.3 is 14.7 Å². The minimum absolute atomic E-state index is 0.248. The maximum Gasteiger partial charge on any atom is 0.337 e. The smallest absolute Gasteiger partial charge is 0.337 e. The third-order valence-corrected chi connectivity index (χ3v) is 6.25. The van der Waals surface area contributed by atoms with Crippen LogP contribution in [-0.4, -0.2) is 34.6 Å². The fourth-order valence-corrected chi connectivity index (χ4v) is 4.46. The average Bonchev–Trinajstić information content (AvgIpc) is 2.86. The molecule has 4 rings (SSSR count). The molecule has 1 N–H and O–H groups in total. The molecule has 3 aromatic carbocycles. The maximum absolute atomic E-state index is 13.2. The molecule has 0 aliphatic heterocycles. The number of benzene rings is 3. The fraction of sp³-hybridized carbons (Fsp3) is 0.233. The largest absolute Gasteiger partial charge is 0.479 e. The lowest BCUT2D eigenvalue weighted by atomic mass is 9.88. The summed E-state index contributed by atoms with van der Waals surface area (Å²) in [5, 5.41) is 11.5. The summed E-state index contributed by atoms with van der Waals surface area (Å²) in [6.45, 7) is 7.31. The minimum atomic E-state index is -1.21. The quantitative estimate of drug-likeness (QED) is 0.296. The molecule has 1 heterocycles. The number of fused-ring (bicyclic) bond motifs is 1. The summed E-state index contributed by atoms with van der Waals surface area (Å²) < 4.78 is 6.04. The van der Waals surface area contributed by atoms with Crippen molar-refractivity contribution in [1.82, 2.24) is 4.98 Å². The zero-order chi connectivity index (χ0) is 26.9. The Bertz CT molecular complexity index is 1460. The number of hydrogen-bond acceptors (Lipinski definition) is 4. The van der Waals surface area contributed by atoms with Crippen molar-refractivity contribution in [3.63, 3.8) is 0 Å². The Morgan fingerprint density at radius 2 is 1.65 bits per heavy atom. The lowest BCUT2D eigenvalue weighted by molar-refractivity contribution is -0.160. The molecule has 0 saturated carbocycles. The van der Waals surface area contributed by atoms with E-state index in [-0.39, 0.29) is 11.6 Å². The molecule has 0 fully saturated rings. The molecule has 1 aromatic heterocycles. The van der Waals surface area contributed by atoms with E-state index < -0.39 is 17.7 Å². The van der Waals surface area contributed by atoms with Crippen molar-refractivity contribution >= 4 is 40.1 Å². The molecule has 0 saturated heterocycles. The first kappa shape index (κ1) is 26.3. The number of anilines is 1. The topological polar surface area (TPSA) is 79.7 Å². The number of carbonyl (C=O) groups excluding carboxylic acids is 1. The van der Waals surface area contributed by atoms with Crippen molar-refractivity contribution < 1.29 is 19.4 Å². The van der Waals surface area contributed by atoms with Crippen LogP contribution in [0.2, 0.25) is 5.02 Å². The van der Waals surface area contributed by atoms with E-state index in [1.54, 1.807) is 30.1 Å². The van der Waals surface area contributed by atoms with E-state index in [0.717, 1.165) is 11.3 Å². The van der Waals surface area contributed by atoms with Crippen LogP contribution in [0.15, 0.2) is 72.8 Å². The van der Waals surface area contributed by atoms with Gasteiger partial charge in [0.1, 0.15) is 5.69 Å². The number of carboxylic acids is 1. The predicted molar refractivity (Wildman–Crippen MR) is 147 cm³/mol. The summed E-state index contributed by atoms with van der Waals surface area (Å²) in [7, 11) is 1.71. The summed E-state index contributed by atoms with van der Waals surface area (Å²) >= 11 is 6.15. The Hall–Kier alpha value is -3.74. The van der Waals surface area contributed by atoms with Gasteiger partial charge in [-0.25, -0.2) is 9.78 Å². The van der Waals surface area contributed by atoms with Crippen molar-refractivity contribution in [2.45, 2.75) is 39.4 Å². The first-order valence-corrected chi connectivity index (χ1v) is 12.3. The SMILES string of the molecule is Cc1cc2nc(C(=O)N(C)c3ccccc3)ccc2c(-c2ccc(Cl)cc2)c1[C@H](OC(C)(C)C)C(=O)O. The van der Waals surface area contributed by atoms with Crippen LogP contribution < -0.4 is 4.90 Å². The van der Waals surface area contributed by atoms with Crippen molar-refractivity contribution in [2.24, 2.45) is 0 Å². The molecule has 0 aliphatic carbocycles. The molecular weight excluding hydrogens is 488 g/mol. The van der Waals surface area contributed by atoms with E-state index in [9.17, 15) is 14.7 Å². The van der Waals surface area contributed by atoms with Crippen LogP contribution in [0.1, 0.15) is 48.5 Å². The zero-order valence-corrected chi connectivity index (χ0v) is 22.2. The van der Waals surface area contributed by atoms with Crippen LogP contribution >= 0.6 is 11.6 Å². The number of aromatic nitrogens is 1. The Morgan fingerprint density at radius 1 is 1.00 bits per heavy atom. The van der Waals surface area contributed by atoms with Gasteiger partial charge in [0.15, 0.2) is 6.10 Å². The summed E-state index contributed by atoms with van der Waals surface area (Å²) in [5.41, 5.74) is 3.63. The number of carbonyl (C=O) groups is 2. The number of rotatable bonds is 6. The highest BCUT2D eigenvalue weighted by Crippen LogP contribution is 2.40. The Labute approximate surface area is 221 Å². The van der Waals surface area contributed by atoms with Gasteiger partial charge in [0.05, 0.1) is 11.1 Å². The number of halogens is 1. The molecule has 0 unspecified atom stereocenters. The van der Waals surface area contributed by atoms with E-state index in [1.807, 2.05) is 82.3 Å². The Morgan fingerprint density at radius 3 is 2.24 bits per heavy atom. The predicted octanol–water partition coefficient (Wildman–Crippen LogP) is 7.08. The van der Waals surface area contributed by atoms with Gasteiger partial charge in [-0.15, -0.1) is 0 Å². The number of ether oxygens (including phenoxy) is 1. The van der Waals surface area contributed by atoms with Gasteiger partial charge in [-0.2, -0.15) is 0 Å². The summed E-state index contributed by atoms with van der Waals surface area (Å²) in [4.78, 5) is 31.9. The zero-order valence-electron chi connectivity index (χ0n) is 21.4. The first-order chi connectivity index (χ1) is 17.5. The Kier molecular flexibility index (Phi) is 7.35. The van der Waals surface area contributed by atoms with Crippen LogP contribution in [0.5, 0.6) is 0 Å². The molecule has 37 heavy (non-hydrogen) atoms.